The fraction of sp³-hybridized carbons (Fsp3) is 0.667. The third-order valence-electron chi connectivity index (χ3n) is 0. The Morgan fingerprint density at radius 2 is 0.391 bits per heavy atom. The van der Waals surface area contributed by atoms with Crippen LogP contribution in [-0.2, 0) is 152 Å². The summed E-state index contributed by atoms with van der Waals surface area (Å²) in [6, 6.07) is 0. The number of hydrogen-bond donors (Lipinski definition) is 0. The maximum absolute atomic E-state index is 3.64. The van der Waals surface area contributed by atoms with E-state index in [0.29, 0.717) is 23.7 Å². The molecule has 0 N–H and O–H groups in total. The average Bonchev–Trinajstić information content (AvgIpc) is 1.76. The molecule has 138 valence electrons. The van der Waals surface area contributed by atoms with Crippen molar-refractivity contribution in [2.45, 2.75) is 55.4 Å². The topological polar surface area (TPSA) is 0 Å². The molecule has 0 nitrogen and oxygen atoms in total. The summed E-state index contributed by atoms with van der Waals surface area (Å²) in [6.07, 6.45) is 0. The monoisotopic (exact) mass is 798 g/mol. The van der Waals surface area contributed by atoms with Gasteiger partial charge in [0.2, 0.25) is 0 Å². The van der Waals surface area contributed by atoms with Gasteiger partial charge in [0.15, 0.2) is 0 Å². The smallest absolute Gasteiger partial charge is 0 e. The van der Waals surface area contributed by atoms with Crippen LogP contribution in [0.5, 0.6) is 0 Å². The number of rotatable bonds is 0. The average molecular weight is 798 g/mol. The zero-order valence-corrected chi connectivity index (χ0v) is 32.1. The van der Waals surface area contributed by atoms with Crippen molar-refractivity contribution < 1.29 is 152 Å². The Morgan fingerprint density at radius 1 is 0.391 bits per heavy atom. The fourth-order valence-corrected chi connectivity index (χ4v) is 0. The predicted octanol–water partition coefficient (Wildman–Crippen LogP) is 6.79. The Bertz CT molecular complexity index is 64.0. The predicted molar refractivity (Wildman–Crippen MR) is 93.6 cm³/mol. The van der Waals surface area contributed by atoms with Gasteiger partial charge in [0, 0.05) is 152 Å². The van der Waals surface area contributed by atoms with Crippen LogP contribution in [0.15, 0.2) is 0 Å². The van der Waals surface area contributed by atoms with E-state index in [1.165, 1.54) is 0 Å². The molecule has 0 aliphatic carbocycles. The van der Waals surface area contributed by atoms with Crippen LogP contribution in [0.3, 0.4) is 0 Å². The molecule has 0 aromatic carbocycles. The molecule has 0 saturated carbocycles. The third-order valence-corrected chi connectivity index (χ3v) is 0. The molecule has 0 heterocycles. The van der Waals surface area contributed by atoms with Gasteiger partial charge in [-0.3, -0.25) is 0 Å². The van der Waals surface area contributed by atoms with Gasteiger partial charge in [-0.15, -0.1) is 0 Å². The van der Waals surface area contributed by atoms with Gasteiger partial charge in [-0.25, -0.2) is 0 Å². The second-order valence-corrected chi connectivity index (χ2v) is 5.58. The van der Waals surface area contributed by atoms with Gasteiger partial charge in [0.25, 0.3) is 0 Å². The molecule has 0 aliphatic heterocycles. The van der Waals surface area contributed by atoms with Crippen molar-refractivity contribution in [1.29, 1.82) is 0 Å². The number of hydrogen-bond acceptors (Lipinski definition) is 0. The van der Waals surface area contributed by atoms with E-state index in [1.807, 2.05) is 0 Å². The van der Waals surface area contributed by atoms with Crippen molar-refractivity contribution in [3.63, 3.8) is 0 Å². The first-order chi connectivity index (χ1) is 6.93. The van der Waals surface area contributed by atoms with Crippen LogP contribution >= 0.6 is 0 Å². The van der Waals surface area contributed by atoms with Crippen molar-refractivity contribution in [2.24, 2.45) is 23.7 Å². The summed E-state index contributed by atoms with van der Waals surface area (Å²) in [5, 5.41) is 0. The van der Waals surface area contributed by atoms with Crippen LogP contribution in [0.25, 0.3) is 0 Å². The molecule has 23 heavy (non-hydrogen) atoms. The Kier molecular flexibility index (Phi) is 194. The molecule has 5 heteroatoms. The summed E-state index contributed by atoms with van der Waals surface area (Å²) in [5.74, 6) is 2.33. The van der Waals surface area contributed by atoms with Crippen LogP contribution < -0.4 is 0 Å². The molecule has 0 saturated heterocycles. The molecule has 0 spiro atoms. The maximum Gasteiger partial charge on any atom is 0 e. The summed E-state index contributed by atoms with van der Waals surface area (Å²) >= 11 is 0. The Morgan fingerprint density at radius 3 is 0.391 bits per heavy atom. The molecule has 0 fully saturated rings. The molecular formula is C18H42WY4-6. The zero-order chi connectivity index (χ0) is 14.3. The van der Waals surface area contributed by atoms with Gasteiger partial charge < -0.3 is 42.5 Å². The standard InChI is InChI=1S/4C4H9.2CH3.W.4Y/c4*1-4(2)3;;;;;;;/h4*4H,1H2,2-3H3;2*1H3;;;;;/q6*-1;;;;;. The van der Waals surface area contributed by atoms with Crippen molar-refractivity contribution in [3.8, 4) is 0 Å². The van der Waals surface area contributed by atoms with Gasteiger partial charge in [-0.05, 0) is 0 Å². The Hall–Kier alpha value is 5.10. The van der Waals surface area contributed by atoms with Crippen LogP contribution in [0, 0.1) is 66.2 Å². The fourth-order valence-electron chi connectivity index (χ4n) is 0. The maximum atomic E-state index is 3.64. The minimum absolute atomic E-state index is 0. The van der Waals surface area contributed by atoms with Crippen LogP contribution in [0.4, 0.5) is 0 Å². The molecule has 0 rings (SSSR count). The summed E-state index contributed by atoms with van der Waals surface area (Å²) in [4.78, 5) is 0. The molecule has 0 unspecified atom stereocenters. The van der Waals surface area contributed by atoms with E-state index in [9.17, 15) is 0 Å². The molecule has 0 aromatic rings. The van der Waals surface area contributed by atoms with Gasteiger partial charge in [-0.2, -0.15) is 23.7 Å². The van der Waals surface area contributed by atoms with Gasteiger partial charge in [0.1, 0.15) is 0 Å². The van der Waals surface area contributed by atoms with E-state index in [0.717, 1.165) is 0 Å². The van der Waals surface area contributed by atoms with E-state index < -0.39 is 0 Å². The third kappa shape index (κ3) is 656. The molecule has 0 aliphatic rings. The molecule has 0 amide bonds. The van der Waals surface area contributed by atoms with E-state index in [-0.39, 0.29) is 167 Å². The second-order valence-electron chi connectivity index (χ2n) is 5.58. The SMILES string of the molecule is [CH2-]C(C)C.[CH2-]C(C)C.[CH2-]C(C)C.[CH2-]C(C)C.[CH3-].[CH3-].[W].[Y].[Y].[Y].[Y]. The van der Waals surface area contributed by atoms with Crippen molar-refractivity contribution in [3.05, 3.63) is 42.5 Å². The van der Waals surface area contributed by atoms with E-state index in [1.54, 1.807) is 0 Å². The van der Waals surface area contributed by atoms with E-state index in [2.05, 4.69) is 83.1 Å². The first-order valence-corrected chi connectivity index (χ1v) is 6.25. The molecule has 0 bridgehead atoms. The summed E-state index contributed by atoms with van der Waals surface area (Å²) in [5.41, 5.74) is 0. The largest absolute Gasteiger partial charge is 0.358 e. The molecule has 4 radical (unpaired) electrons. The zero-order valence-electron chi connectivity index (χ0n) is 17.9. The Balaban J connectivity index is -0.00000000842. The van der Waals surface area contributed by atoms with Gasteiger partial charge >= 0.3 is 0 Å². The summed E-state index contributed by atoms with van der Waals surface area (Å²) in [7, 11) is 0. The first-order valence-electron chi connectivity index (χ1n) is 6.25. The van der Waals surface area contributed by atoms with Gasteiger partial charge in [-0.1, -0.05) is 55.4 Å². The molecular weight excluding hydrogens is 756 g/mol. The molecule has 0 aromatic heterocycles. The minimum Gasteiger partial charge on any atom is -0.358 e. The molecule has 0 atom stereocenters. The van der Waals surface area contributed by atoms with Gasteiger partial charge in [0.05, 0.1) is 0 Å². The minimum atomic E-state index is 0. The van der Waals surface area contributed by atoms with Crippen molar-refractivity contribution in [1.82, 2.24) is 0 Å². The van der Waals surface area contributed by atoms with Crippen LogP contribution in [0.1, 0.15) is 55.4 Å². The summed E-state index contributed by atoms with van der Waals surface area (Å²) in [6.45, 7) is 31.0. The van der Waals surface area contributed by atoms with Crippen molar-refractivity contribution >= 4 is 0 Å². The second kappa shape index (κ2) is 63.1. The Labute approximate surface area is 268 Å². The quantitative estimate of drug-likeness (QED) is 0.237. The normalized spacial score (nSPS) is 6.26. The van der Waals surface area contributed by atoms with E-state index >= 15 is 0 Å². The van der Waals surface area contributed by atoms with E-state index in [4.69, 9.17) is 0 Å². The van der Waals surface area contributed by atoms with Crippen LogP contribution in [-0.4, -0.2) is 0 Å². The van der Waals surface area contributed by atoms with Crippen molar-refractivity contribution in [2.75, 3.05) is 0 Å². The van der Waals surface area contributed by atoms with Crippen LogP contribution in [0.2, 0.25) is 0 Å². The first kappa shape index (κ1) is 70.6. The summed E-state index contributed by atoms with van der Waals surface area (Å²) < 4.78 is 0.